The maximum atomic E-state index is 13.1. The lowest BCUT2D eigenvalue weighted by Gasteiger charge is -2.27. The van der Waals surface area contributed by atoms with Gasteiger partial charge in [-0.25, -0.2) is 0 Å². The summed E-state index contributed by atoms with van der Waals surface area (Å²) in [7, 11) is 3.82. The van der Waals surface area contributed by atoms with Crippen LogP contribution < -0.4 is 0 Å². The Morgan fingerprint density at radius 3 is 1.91 bits per heavy atom. The first-order valence-electron chi connectivity index (χ1n) is 7.31. The molecule has 0 saturated carbocycles. The van der Waals surface area contributed by atoms with Gasteiger partial charge < -0.3 is 9.64 Å². The van der Waals surface area contributed by atoms with Gasteiger partial charge in [0.25, 0.3) is 0 Å². The van der Waals surface area contributed by atoms with E-state index in [0.29, 0.717) is 12.2 Å². The van der Waals surface area contributed by atoms with Crippen molar-refractivity contribution in [2.24, 2.45) is 0 Å². The van der Waals surface area contributed by atoms with E-state index in [1.54, 1.807) is 0 Å². The van der Waals surface area contributed by atoms with Crippen molar-refractivity contribution in [2.75, 3.05) is 20.7 Å². The Kier molecular flexibility index (Phi) is 3.82. The average molecular weight is 293 g/mol. The second-order valence-electron chi connectivity index (χ2n) is 5.65. The summed E-state index contributed by atoms with van der Waals surface area (Å²) in [6, 6.07) is 19.4. The Hall–Kier alpha value is -2.39. The molecule has 0 unspecified atom stereocenters. The number of ether oxygens (including phenoxy) is 1. The van der Waals surface area contributed by atoms with Crippen LogP contribution in [0.2, 0.25) is 0 Å². The van der Waals surface area contributed by atoms with E-state index >= 15 is 0 Å². The summed E-state index contributed by atoms with van der Waals surface area (Å²) in [6.07, 6.45) is 1.84. The Bertz CT molecular complexity index is 650. The second kappa shape index (κ2) is 5.78. The van der Waals surface area contributed by atoms with Crippen LogP contribution in [0.5, 0.6) is 0 Å². The van der Waals surface area contributed by atoms with Crippen LogP contribution in [0.15, 0.2) is 72.4 Å². The minimum absolute atomic E-state index is 0.0126. The van der Waals surface area contributed by atoms with Crippen molar-refractivity contribution in [3.8, 4) is 0 Å². The van der Waals surface area contributed by atoms with Crippen molar-refractivity contribution in [1.29, 1.82) is 0 Å². The molecule has 1 heterocycles. The van der Waals surface area contributed by atoms with Crippen LogP contribution in [-0.2, 0) is 15.1 Å². The highest BCUT2D eigenvalue weighted by Crippen LogP contribution is 2.41. The van der Waals surface area contributed by atoms with Crippen molar-refractivity contribution >= 4 is 5.78 Å². The first kappa shape index (κ1) is 14.5. The smallest absolute Gasteiger partial charge is 0.203 e. The summed E-state index contributed by atoms with van der Waals surface area (Å²) in [5, 5.41) is 0. The Labute approximate surface area is 130 Å². The number of rotatable bonds is 3. The van der Waals surface area contributed by atoms with E-state index in [0.717, 1.165) is 11.1 Å². The molecule has 1 saturated heterocycles. The predicted octanol–water partition coefficient (Wildman–Crippen LogP) is 2.98. The van der Waals surface area contributed by atoms with E-state index in [-0.39, 0.29) is 5.78 Å². The lowest BCUT2D eigenvalue weighted by Crippen LogP contribution is -2.34. The fourth-order valence-electron chi connectivity index (χ4n) is 2.89. The molecule has 0 radical (unpaired) electrons. The zero-order chi connectivity index (χ0) is 15.6. The third kappa shape index (κ3) is 2.34. The molecule has 3 rings (SSSR count). The Balaban J connectivity index is 2.17. The summed E-state index contributed by atoms with van der Waals surface area (Å²) in [4.78, 5) is 15.0. The van der Waals surface area contributed by atoms with Gasteiger partial charge in [0.15, 0.2) is 5.60 Å². The molecule has 0 atom stereocenters. The topological polar surface area (TPSA) is 29.5 Å². The number of carbonyl (C=O) groups is 1. The molecule has 2 aromatic carbocycles. The maximum absolute atomic E-state index is 13.1. The molecule has 0 spiro atoms. The van der Waals surface area contributed by atoms with Crippen LogP contribution in [0, 0.1) is 0 Å². The Morgan fingerprint density at radius 2 is 1.45 bits per heavy atom. The fourth-order valence-corrected chi connectivity index (χ4v) is 2.89. The van der Waals surface area contributed by atoms with Crippen LogP contribution in [0.1, 0.15) is 11.1 Å². The van der Waals surface area contributed by atoms with Crippen molar-refractivity contribution in [1.82, 2.24) is 4.90 Å². The summed E-state index contributed by atoms with van der Waals surface area (Å²) in [6.45, 7) is 0.320. The van der Waals surface area contributed by atoms with Gasteiger partial charge in [-0.15, -0.1) is 0 Å². The first-order chi connectivity index (χ1) is 10.6. The van der Waals surface area contributed by atoms with Gasteiger partial charge in [0.1, 0.15) is 0 Å². The third-order valence-corrected chi connectivity index (χ3v) is 3.83. The highest BCUT2D eigenvalue weighted by Gasteiger charge is 2.49. The van der Waals surface area contributed by atoms with E-state index in [9.17, 15) is 4.79 Å². The molecule has 0 aromatic heterocycles. The molecule has 0 amide bonds. The molecule has 0 bridgehead atoms. The van der Waals surface area contributed by atoms with E-state index in [1.165, 1.54) is 0 Å². The zero-order valence-corrected chi connectivity index (χ0v) is 12.8. The van der Waals surface area contributed by atoms with E-state index in [2.05, 4.69) is 0 Å². The van der Waals surface area contributed by atoms with Gasteiger partial charge in [-0.05, 0) is 11.1 Å². The highest BCUT2D eigenvalue weighted by molar-refractivity contribution is 6.06. The summed E-state index contributed by atoms with van der Waals surface area (Å²) in [5.74, 6) is 0.0126. The summed E-state index contributed by atoms with van der Waals surface area (Å²) in [5.41, 5.74) is 1.39. The molecule has 112 valence electrons. The van der Waals surface area contributed by atoms with Crippen molar-refractivity contribution in [3.63, 3.8) is 0 Å². The van der Waals surface area contributed by atoms with E-state index in [1.807, 2.05) is 85.9 Å². The molecule has 0 N–H and O–H groups in total. The first-order valence-corrected chi connectivity index (χ1v) is 7.31. The highest BCUT2D eigenvalue weighted by atomic mass is 16.5. The van der Waals surface area contributed by atoms with Crippen molar-refractivity contribution in [3.05, 3.63) is 83.6 Å². The lowest BCUT2D eigenvalue weighted by molar-refractivity contribution is -0.127. The zero-order valence-electron chi connectivity index (χ0n) is 12.8. The largest absolute Gasteiger partial charge is 0.383 e. The quantitative estimate of drug-likeness (QED) is 0.815. The molecule has 3 heteroatoms. The number of hydrogen-bond acceptors (Lipinski definition) is 3. The third-order valence-electron chi connectivity index (χ3n) is 3.83. The number of ketones is 1. The van der Waals surface area contributed by atoms with E-state index in [4.69, 9.17) is 4.74 Å². The molecule has 1 aliphatic heterocycles. The lowest BCUT2D eigenvalue weighted by atomic mass is 9.82. The monoisotopic (exact) mass is 293 g/mol. The fraction of sp³-hybridized carbons (Fsp3) is 0.211. The van der Waals surface area contributed by atoms with Gasteiger partial charge >= 0.3 is 0 Å². The van der Waals surface area contributed by atoms with Gasteiger partial charge in [0.2, 0.25) is 5.78 Å². The minimum Gasteiger partial charge on any atom is -0.383 e. The SMILES string of the molecule is CN(C)C=C1COC(c2ccccc2)(c2ccccc2)C1=O. The van der Waals surface area contributed by atoms with Crippen molar-refractivity contribution in [2.45, 2.75) is 5.60 Å². The molecular formula is C19H19NO2. The van der Waals surface area contributed by atoms with Gasteiger partial charge in [-0.3, -0.25) is 4.79 Å². The number of nitrogens with zero attached hydrogens (tertiary/aromatic N) is 1. The van der Waals surface area contributed by atoms with E-state index < -0.39 is 5.60 Å². The Morgan fingerprint density at radius 1 is 0.955 bits per heavy atom. The van der Waals surface area contributed by atoms with Crippen LogP contribution in [-0.4, -0.2) is 31.4 Å². The molecular weight excluding hydrogens is 274 g/mol. The van der Waals surface area contributed by atoms with Gasteiger partial charge in [0, 0.05) is 25.9 Å². The molecule has 1 fully saturated rings. The normalized spacial score (nSPS) is 18.6. The van der Waals surface area contributed by atoms with Crippen LogP contribution in [0.3, 0.4) is 0 Å². The van der Waals surface area contributed by atoms with Gasteiger partial charge in [-0.1, -0.05) is 60.7 Å². The van der Waals surface area contributed by atoms with Gasteiger partial charge in [0.05, 0.1) is 6.61 Å². The molecule has 3 nitrogen and oxygen atoms in total. The molecule has 2 aromatic rings. The summed E-state index contributed by atoms with van der Waals surface area (Å²) < 4.78 is 6.09. The number of benzene rings is 2. The average Bonchev–Trinajstić information content (AvgIpc) is 2.87. The summed E-state index contributed by atoms with van der Waals surface area (Å²) >= 11 is 0. The van der Waals surface area contributed by atoms with Crippen molar-refractivity contribution < 1.29 is 9.53 Å². The molecule has 0 aliphatic carbocycles. The van der Waals surface area contributed by atoms with Gasteiger partial charge in [-0.2, -0.15) is 0 Å². The number of hydrogen-bond donors (Lipinski definition) is 0. The molecule has 1 aliphatic rings. The van der Waals surface area contributed by atoms with Crippen LogP contribution >= 0.6 is 0 Å². The predicted molar refractivity (Wildman–Crippen MR) is 86.4 cm³/mol. The van der Waals surface area contributed by atoms with Crippen LogP contribution in [0.25, 0.3) is 0 Å². The number of carbonyl (C=O) groups excluding carboxylic acids is 1. The standard InChI is InChI=1S/C19H19NO2/c1-20(2)13-15-14-22-19(18(15)21,16-9-5-3-6-10-16)17-11-7-4-8-12-17/h3-13H,14H2,1-2H3. The molecule has 22 heavy (non-hydrogen) atoms. The second-order valence-corrected chi connectivity index (χ2v) is 5.65. The van der Waals surface area contributed by atoms with Crippen LogP contribution in [0.4, 0.5) is 0 Å². The minimum atomic E-state index is -1.04. The number of Topliss-reactive ketones (excluding diaryl/α,β-unsaturated/α-hetero) is 1. The maximum Gasteiger partial charge on any atom is 0.203 e.